The molecule has 2 saturated heterocycles. The van der Waals surface area contributed by atoms with Gasteiger partial charge in [0.2, 0.25) is 0 Å². The molecule has 0 bridgehead atoms. The zero-order chi connectivity index (χ0) is 9.64. The summed E-state index contributed by atoms with van der Waals surface area (Å²) in [4.78, 5) is 0. The van der Waals surface area contributed by atoms with Crippen LogP contribution in [0.3, 0.4) is 0 Å². The summed E-state index contributed by atoms with van der Waals surface area (Å²) in [6.45, 7) is 7.92. The molecule has 0 aromatic rings. The van der Waals surface area contributed by atoms with E-state index in [1.807, 2.05) is 27.7 Å². The van der Waals surface area contributed by atoms with Gasteiger partial charge in [0, 0.05) is 0 Å². The van der Waals surface area contributed by atoms with Crippen molar-refractivity contribution >= 4 is 8.17 Å². The summed E-state index contributed by atoms with van der Waals surface area (Å²) < 4.78 is 22.5. The molecule has 0 N–H and O–H groups in total. The molecule has 2 aliphatic heterocycles. The van der Waals surface area contributed by atoms with Crippen molar-refractivity contribution in [3.8, 4) is 0 Å². The molecule has 0 aliphatic carbocycles. The molecule has 0 amide bonds. The normalized spacial score (nSPS) is 51.4. The van der Waals surface area contributed by atoms with E-state index < -0.39 is 8.17 Å². The summed E-state index contributed by atoms with van der Waals surface area (Å²) in [6.07, 6.45) is 0.293. The van der Waals surface area contributed by atoms with Crippen LogP contribution in [0.15, 0.2) is 0 Å². The molecule has 2 fully saturated rings. The zero-order valence-electron chi connectivity index (χ0n) is 8.44. The molecule has 1 spiro atoms. The maximum absolute atomic E-state index is 5.64. The summed E-state index contributed by atoms with van der Waals surface area (Å²) in [5.74, 6) is 0. The molecule has 2 rings (SSSR count). The van der Waals surface area contributed by atoms with Gasteiger partial charge in [0.1, 0.15) is 0 Å². The Hall–Kier alpha value is 0.270. The molecule has 4 atom stereocenters. The Labute approximate surface area is 79.2 Å². The standard InChI is InChI=1S/C8H17O4P/c1-5-6(2)10-13(9-5)11-7(3)8(4)12-13/h5-8,13H,1-4H3. The first kappa shape index (κ1) is 9.81. The van der Waals surface area contributed by atoms with Crippen molar-refractivity contribution in [1.29, 1.82) is 0 Å². The van der Waals surface area contributed by atoms with E-state index in [1.54, 1.807) is 0 Å². The van der Waals surface area contributed by atoms with Crippen LogP contribution in [0.5, 0.6) is 0 Å². The predicted octanol–water partition coefficient (Wildman–Crippen LogP) is 2.04. The van der Waals surface area contributed by atoms with Crippen molar-refractivity contribution < 1.29 is 18.1 Å². The second-order valence-corrected chi connectivity index (χ2v) is 5.73. The first-order chi connectivity index (χ1) is 6.02. The van der Waals surface area contributed by atoms with Crippen molar-refractivity contribution in [3.63, 3.8) is 0 Å². The molecule has 0 radical (unpaired) electrons. The van der Waals surface area contributed by atoms with E-state index in [0.717, 1.165) is 0 Å². The van der Waals surface area contributed by atoms with Crippen LogP contribution < -0.4 is 0 Å². The average molecular weight is 208 g/mol. The fourth-order valence-electron chi connectivity index (χ4n) is 1.46. The summed E-state index contributed by atoms with van der Waals surface area (Å²) in [5, 5.41) is 0. The molecule has 0 aromatic carbocycles. The Morgan fingerprint density at radius 2 is 0.846 bits per heavy atom. The summed E-state index contributed by atoms with van der Waals surface area (Å²) in [7, 11) is -2.72. The molecule has 78 valence electrons. The molecule has 4 nitrogen and oxygen atoms in total. The van der Waals surface area contributed by atoms with Gasteiger partial charge in [-0.3, -0.25) is 0 Å². The van der Waals surface area contributed by atoms with Crippen LogP contribution in [0.2, 0.25) is 0 Å². The molecule has 2 aliphatic rings. The van der Waals surface area contributed by atoms with Crippen LogP contribution >= 0.6 is 8.17 Å². The van der Waals surface area contributed by atoms with Crippen molar-refractivity contribution in [2.75, 3.05) is 0 Å². The zero-order valence-corrected chi connectivity index (χ0v) is 9.44. The minimum absolute atomic E-state index is 0.0733. The van der Waals surface area contributed by atoms with E-state index in [0.29, 0.717) is 0 Å². The molecule has 2 heterocycles. The molecule has 0 saturated carbocycles. The Balaban J connectivity index is 2.08. The van der Waals surface area contributed by atoms with Gasteiger partial charge in [-0.15, -0.1) is 0 Å². The number of hydrogen-bond acceptors (Lipinski definition) is 4. The van der Waals surface area contributed by atoms with Gasteiger partial charge in [0.05, 0.1) is 0 Å². The maximum atomic E-state index is 5.64. The summed E-state index contributed by atoms with van der Waals surface area (Å²) in [6, 6.07) is 0. The third-order valence-corrected chi connectivity index (χ3v) is 5.28. The molecular formula is C8H17O4P. The van der Waals surface area contributed by atoms with E-state index in [9.17, 15) is 0 Å². The van der Waals surface area contributed by atoms with Gasteiger partial charge in [0.15, 0.2) is 0 Å². The van der Waals surface area contributed by atoms with Gasteiger partial charge in [-0.05, 0) is 0 Å². The van der Waals surface area contributed by atoms with Crippen LogP contribution in [-0.4, -0.2) is 24.4 Å². The van der Waals surface area contributed by atoms with Gasteiger partial charge in [-0.25, -0.2) is 0 Å². The first-order valence-electron chi connectivity index (χ1n) is 4.74. The van der Waals surface area contributed by atoms with E-state index in [4.69, 9.17) is 18.1 Å². The predicted molar refractivity (Wildman–Crippen MR) is 50.5 cm³/mol. The monoisotopic (exact) mass is 208 g/mol. The van der Waals surface area contributed by atoms with Crippen LogP contribution in [0, 0.1) is 0 Å². The minimum atomic E-state index is -2.72. The molecule has 0 aromatic heterocycles. The Morgan fingerprint density at radius 3 is 1.08 bits per heavy atom. The topological polar surface area (TPSA) is 36.9 Å². The Bertz CT molecular complexity index is 165. The number of rotatable bonds is 0. The van der Waals surface area contributed by atoms with Crippen LogP contribution in [0.1, 0.15) is 27.7 Å². The Morgan fingerprint density at radius 1 is 0.615 bits per heavy atom. The van der Waals surface area contributed by atoms with Gasteiger partial charge < -0.3 is 0 Å². The third-order valence-electron chi connectivity index (χ3n) is 2.64. The average Bonchev–Trinajstić information content (AvgIpc) is 2.39. The fraction of sp³-hybridized carbons (Fsp3) is 1.00. The molecule has 4 unspecified atom stereocenters. The second kappa shape index (κ2) is 3.14. The van der Waals surface area contributed by atoms with Crippen LogP contribution in [-0.2, 0) is 18.1 Å². The quantitative estimate of drug-likeness (QED) is 0.571. The fourth-order valence-corrected chi connectivity index (χ4v) is 4.38. The third kappa shape index (κ3) is 1.62. The summed E-state index contributed by atoms with van der Waals surface area (Å²) in [5.41, 5.74) is 0. The summed E-state index contributed by atoms with van der Waals surface area (Å²) >= 11 is 0. The van der Waals surface area contributed by atoms with Crippen molar-refractivity contribution in [1.82, 2.24) is 0 Å². The van der Waals surface area contributed by atoms with Crippen LogP contribution in [0.25, 0.3) is 0 Å². The van der Waals surface area contributed by atoms with Gasteiger partial charge in [-0.2, -0.15) is 0 Å². The van der Waals surface area contributed by atoms with Crippen molar-refractivity contribution in [2.24, 2.45) is 0 Å². The van der Waals surface area contributed by atoms with Gasteiger partial charge in [-0.1, -0.05) is 0 Å². The van der Waals surface area contributed by atoms with Crippen LogP contribution in [0.4, 0.5) is 0 Å². The molecular weight excluding hydrogens is 191 g/mol. The molecule has 5 heteroatoms. The van der Waals surface area contributed by atoms with Gasteiger partial charge in [0.25, 0.3) is 0 Å². The van der Waals surface area contributed by atoms with Crippen molar-refractivity contribution in [2.45, 2.75) is 52.1 Å². The van der Waals surface area contributed by atoms with E-state index in [-0.39, 0.29) is 24.4 Å². The van der Waals surface area contributed by atoms with Crippen molar-refractivity contribution in [3.05, 3.63) is 0 Å². The Kier molecular flexibility index (Phi) is 2.37. The SMILES string of the molecule is CC1O[PH]2(OC1C)OC(C)C(C)O2. The molecule has 13 heavy (non-hydrogen) atoms. The van der Waals surface area contributed by atoms with E-state index in [1.165, 1.54) is 0 Å². The second-order valence-electron chi connectivity index (χ2n) is 3.79. The van der Waals surface area contributed by atoms with E-state index in [2.05, 4.69) is 0 Å². The van der Waals surface area contributed by atoms with Gasteiger partial charge >= 0.3 is 78.4 Å². The van der Waals surface area contributed by atoms with E-state index >= 15 is 0 Å². The number of hydrogen-bond donors (Lipinski definition) is 0. The first-order valence-corrected chi connectivity index (χ1v) is 6.37.